The summed E-state index contributed by atoms with van der Waals surface area (Å²) in [6.07, 6.45) is 0. The van der Waals surface area contributed by atoms with E-state index in [1.807, 2.05) is 30.3 Å². The molecule has 0 aliphatic rings. The first-order chi connectivity index (χ1) is 13.0. The topological polar surface area (TPSA) is 108 Å². The molecule has 9 heteroatoms. The van der Waals surface area contributed by atoms with E-state index in [4.69, 9.17) is 4.52 Å². The van der Waals surface area contributed by atoms with Gasteiger partial charge in [-0.3, -0.25) is 14.1 Å². The van der Waals surface area contributed by atoms with Gasteiger partial charge in [-0.2, -0.15) is 0 Å². The van der Waals surface area contributed by atoms with Crippen LogP contribution in [-0.2, 0) is 9.59 Å². The maximum absolute atomic E-state index is 12.2. The SMILES string of the molecule is CC(=O)Nc1ccc(NC(=O)CSc2c(=O)o[nH][n+]2-c2ccccc2)cc1. The minimum absolute atomic E-state index is 0.0306. The van der Waals surface area contributed by atoms with Gasteiger partial charge in [0, 0.05) is 30.4 Å². The van der Waals surface area contributed by atoms with Crippen molar-refractivity contribution in [1.82, 2.24) is 5.27 Å². The van der Waals surface area contributed by atoms with Crippen molar-refractivity contribution < 1.29 is 18.8 Å². The number of anilines is 2. The van der Waals surface area contributed by atoms with Gasteiger partial charge >= 0.3 is 10.7 Å². The Morgan fingerprint density at radius 3 is 2.30 bits per heavy atom. The number of thioether (sulfide) groups is 1. The van der Waals surface area contributed by atoms with Crippen molar-refractivity contribution in [2.75, 3.05) is 16.4 Å². The highest BCUT2D eigenvalue weighted by Gasteiger charge is 2.24. The standard InChI is InChI=1S/C18H16N4O4S/c1-12(23)19-13-7-9-14(10-8-13)20-16(24)11-27-17-18(25)26-21-22(17)15-5-3-2-4-6-15/h2-10,21,25H,11H2,1H3/p+1. The van der Waals surface area contributed by atoms with Crippen molar-refractivity contribution in [1.29, 1.82) is 0 Å². The molecule has 3 N–H and O–H groups in total. The number of aromatic amines is 1. The number of hydrogen-bond donors (Lipinski definition) is 3. The molecule has 138 valence electrons. The third-order valence-electron chi connectivity index (χ3n) is 3.45. The van der Waals surface area contributed by atoms with Crippen molar-refractivity contribution >= 4 is 35.0 Å². The Morgan fingerprint density at radius 2 is 1.67 bits per heavy atom. The van der Waals surface area contributed by atoms with Crippen molar-refractivity contribution in [3.05, 3.63) is 65.0 Å². The van der Waals surface area contributed by atoms with Gasteiger partial charge in [-0.25, -0.2) is 4.79 Å². The van der Waals surface area contributed by atoms with E-state index in [0.717, 1.165) is 17.4 Å². The second-order valence-electron chi connectivity index (χ2n) is 5.55. The summed E-state index contributed by atoms with van der Waals surface area (Å²) in [5.41, 5.74) is 1.41. The summed E-state index contributed by atoms with van der Waals surface area (Å²) in [7, 11) is 0. The molecule has 0 unspecified atom stereocenters. The molecule has 0 saturated heterocycles. The Kier molecular flexibility index (Phi) is 5.72. The second kappa shape index (κ2) is 8.37. The van der Waals surface area contributed by atoms with E-state index in [1.165, 1.54) is 11.6 Å². The highest BCUT2D eigenvalue weighted by molar-refractivity contribution is 7.99. The van der Waals surface area contributed by atoms with Gasteiger partial charge < -0.3 is 10.6 Å². The van der Waals surface area contributed by atoms with Crippen LogP contribution in [0.1, 0.15) is 6.92 Å². The number of aromatic nitrogens is 2. The van der Waals surface area contributed by atoms with Gasteiger partial charge in [0.2, 0.25) is 17.5 Å². The zero-order chi connectivity index (χ0) is 19.2. The molecule has 2 aromatic carbocycles. The fourth-order valence-electron chi connectivity index (χ4n) is 2.31. The third-order valence-corrected chi connectivity index (χ3v) is 4.48. The monoisotopic (exact) mass is 385 g/mol. The quantitative estimate of drug-likeness (QED) is 0.444. The third kappa shape index (κ3) is 4.85. The van der Waals surface area contributed by atoms with E-state index in [2.05, 4.69) is 15.9 Å². The van der Waals surface area contributed by atoms with Crippen LogP contribution in [0.2, 0.25) is 0 Å². The lowest BCUT2D eigenvalue weighted by molar-refractivity contribution is -0.704. The van der Waals surface area contributed by atoms with Gasteiger partial charge in [0.05, 0.1) is 5.75 Å². The Morgan fingerprint density at radius 1 is 1.04 bits per heavy atom. The van der Waals surface area contributed by atoms with Gasteiger partial charge in [0.25, 0.3) is 0 Å². The van der Waals surface area contributed by atoms with Crippen LogP contribution >= 0.6 is 11.8 Å². The lowest BCUT2D eigenvalue weighted by Crippen LogP contribution is -2.36. The van der Waals surface area contributed by atoms with Crippen LogP contribution < -0.4 is 20.9 Å². The van der Waals surface area contributed by atoms with E-state index in [-0.39, 0.29) is 22.6 Å². The molecule has 1 aromatic heterocycles. The highest BCUT2D eigenvalue weighted by atomic mass is 32.2. The van der Waals surface area contributed by atoms with Crippen LogP contribution in [0.5, 0.6) is 0 Å². The van der Waals surface area contributed by atoms with Crippen LogP contribution in [-0.4, -0.2) is 22.8 Å². The second-order valence-corrected chi connectivity index (χ2v) is 6.52. The van der Waals surface area contributed by atoms with E-state index in [0.29, 0.717) is 11.4 Å². The minimum atomic E-state index is -0.545. The first-order valence-electron chi connectivity index (χ1n) is 8.02. The van der Waals surface area contributed by atoms with Gasteiger partial charge in [-0.05, 0) is 46.0 Å². The molecule has 0 atom stereocenters. The Bertz CT molecular complexity index is 996. The maximum atomic E-state index is 12.2. The Labute approximate surface area is 158 Å². The van der Waals surface area contributed by atoms with Crippen LogP contribution in [0.3, 0.4) is 0 Å². The molecule has 0 aliphatic heterocycles. The first kappa shape index (κ1) is 18.5. The molecule has 0 bridgehead atoms. The molecule has 3 rings (SSSR count). The summed E-state index contributed by atoms with van der Waals surface area (Å²) in [6.45, 7) is 1.42. The smallest absolute Gasteiger partial charge is 0.326 e. The van der Waals surface area contributed by atoms with Gasteiger partial charge in [0.1, 0.15) is 0 Å². The van der Waals surface area contributed by atoms with E-state index in [9.17, 15) is 14.4 Å². The molecule has 0 aliphatic carbocycles. The maximum Gasteiger partial charge on any atom is 0.442 e. The highest BCUT2D eigenvalue weighted by Crippen LogP contribution is 2.15. The average molecular weight is 385 g/mol. The van der Waals surface area contributed by atoms with Gasteiger partial charge in [-0.15, -0.1) is 0 Å². The average Bonchev–Trinajstić information content (AvgIpc) is 3.02. The number of carbonyl (C=O) groups excluding carboxylic acids is 2. The number of amides is 2. The van der Waals surface area contributed by atoms with Crippen molar-refractivity contribution in [2.45, 2.75) is 11.9 Å². The minimum Gasteiger partial charge on any atom is -0.326 e. The van der Waals surface area contributed by atoms with Gasteiger partial charge in [-0.1, -0.05) is 18.2 Å². The van der Waals surface area contributed by atoms with Crippen LogP contribution in [0.4, 0.5) is 11.4 Å². The largest absolute Gasteiger partial charge is 0.442 e. The van der Waals surface area contributed by atoms with Crippen molar-refractivity contribution in [2.24, 2.45) is 0 Å². The summed E-state index contributed by atoms with van der Waals surface area (Å²) in [6, 6.07) is 15.9. The molecular weight excluding hydrogens is 368 g/mol. The normalized spacial score (nSPS) is 10.4. The molecule has 1 heterocycles. The van der Waals surface area contributed by atoms with Crippen LogP contribution in [0.15, 0.2) is 68.9 Å². The van der Waals surface area contributed by atoms with E-state index < -0.39 is 5.63 Å². The first-order valence-corrected chi connectivity index (χ1v) is 9.01. The van der Waals surface area contributed by atoms with E-state index >= 15 is 0 Å². The molecule has 2 amide bonds. The summed E-state index contributed by atoms with van der Waals surface area (Å²) in [5, 5.41) is 8.19. The fourth-order valence-corrected chi connectivity index (χ4v) is 3.08. The molecule has 0 radical (unpaired) electrons. The number of hydrogen-bond acceptors (Lipinski definition) is 5. The number of nitrogens with zero attached hydrogens (tertiary/aromatic N) is 1. The van der Waals surface area contributed by atoms with Gasteiger partial charge in [0.15, 0.2) is 0 Å². The number of benzene rings is 2. The number of carbonyl (C=O) groups is 2. The predicted molar refractivity (Wildman–Crippen MR) is 101 cm³/mol. The number of nitrogens with one attached hydrogen (secondary N) is 3. The molecule has 0 spiro atoms. The molecular formula is C18H17N4O4S+. The van der Waals surface area contributed by atoms with E-state index in [1.54, 1.807) is 24.3 Å². The lowest BCUT2D eigenvalue weighted by Gasteiger charge is -2.06. The molecule has 0 saturated carbocycles. The number of rotatable bonds is 6. The van der Waals surface area contributed by atoms with Crippen LogP contribution in [0.25, 0.3) is 5.69 Å². The summed E-state index contributed by atoms with van der Waals surface area (Å²) >= 11 is 1.07. The lowest BCUT2D eigenvalue weighted by atomic mass is 10.3. The number of H-pyrrole nitrogens is 1. The Balaban J connectivity index is 1.62. The van der Waals surface area contributed by atoms with Crippen molar-refractivity contribution in [3.63, 3.8) is 0 Å². The molecule has 3 aromatic rings. The van der Waals surface area contributed by atoms with Crippen LogP contribution in [0, 0.1) is 0 Å². The Hall–Kier alpha value is -3.33. The fraction of sp³-hybridized carbons (Fsp3) is 0.111. The van der Waals surface area contributed by atoms with Crippen molar-refractivity contribution in [3.8, 4) is 5.69 Å². The molecule has 0 fully saturated rings. The summed E-state index contributed by atoms with van der Waals surface area (Å²) < 4.78 is 6.33. The zero-order valence-electron chi connectivity index (χ0n) is 14.4. The number of para-hydroxylation sites is 1. The zero-order valence-corrected chi connectivity index (χ0v) is 15.2. The molecule has 8 nitrogen and oxygen atoms in total. The predicted octanol–water partition coefficient (Wildman–Crippen LogP) is 1.93. The summed E-state index contributed by atoms with van der Waals surface area (Å²) in [4.78, 5) is 35.1. The summed E-state index contributed by atoms with van der Waals surface area (Å²) in [5.74, 6) is -0.407. The molecule has 27 heavy (non-hydrogen) atoms.